The summed E-state index contributed by atoms with van der Waals surface area (Å²) in [5.41, 5.74) is 8.29. The van der Waals surface area contributed by atoms with Crippen LogP contribution in [-0.2, 0) is 0 Å². The van der Waals surface area contributed by atoms with Crippen LogP contribution in [-0.4, -0.2) is 0 Å². The van der Waals surface area contributed by atoms with Crippen LogP contribution in [0.5, 0.6) is 0 Å². The zero-order valence-electron chi connectivity index (χ0n) is 19.7. The first kappa shape index (κ1) is 22.2. The van der Waals surface area contributed by atoms with Crippen LogP contribution in [0.2, 0.25) is 0 Å². The van der Waals surface area contributed by atoms with E-state index in [0.29, 0.717) is 0 Å². The van der Waals surface area contributed by atoms with Crippen LogP contribution in [0, 0.1) is 29.6 Å². The standard InChI is InChI=1S/C29H47N/c1-2-3-4-5-22-6-8-23(9-7-22)24-10-12-25(13-11-24)26-14-16-27(17-15-26)28-18-20-29(30)21-19-28/h18-27H,2-17,30H2,1H3. The van der Waals surface area contributed by atoms with E-state index in [0.717, 1.165) is 41.2 Å². The second-order valence-electron chi connectivity index (χ2n) is 11.2. The van der Waals surface area contributed by atoms with Gasteiger partial charge in [0.2, 0.25) is 0 Å². The highest BCUT2D eigenvalue weighted by molar-refractivity contribution is 5.40. The van der Waals surface area contributed by atoms with Crippen molar-refractivity contribution in [1.29, 1.82) is 0 Å². The molecule has 3 aliphatic rings. The molecule has 0 saturated heterocycles. The van der Waals surface area contributed by atoms with Gasteiger partial charge in [-0.05, 0) is 117 Å². The lowest BCUT2D eigenvalue weighted by molar-refractivity contribution is 0.108. The minimum Gasteiger partial charge on any atom is -0.399 e. The third-order valence-corrected chi connectivity index (χ3v) is 9.44. The molecule has 4 rings (SSSR count). The van der Waals surface area contributed by atoms with Gasteiger partial charge in [0.05, 0.1) is 0 Å². The molecule has 1 aromatic rings. The quantitative estimate of drug-likeness (QED) is 0.353. The molecular formula is C29H47N. The van der Waals surface area contributed by atoms with Crippen LogP contribution in [0.25, 0.3) is 0 Å². The van der Waals surface area contributed by atoms with Crippen molar-refractivity contribution in [3.63, 3.8) is 0 Å². The number of hydrogen-bond acceptors (Lipinski definition) is 1. The molecule has 0 atom stereocenters. The lowest BCUT2D eigenvalue weighted by atomic mass is 9.64. The number of anilines is 1. The van der Waals surface area contributed by atoms with Crippen molar-refractivity contribution in [2.24, 2.45) is 29.6 Å². The van der Waals surface area contributed by atoms with Gasteiger partial charge in [0, 0.05) is 5.69 Å². The third-order valence-electron chi connectivity index (χ3n) is 9.44. The van der Waals surface area contributed by atoms with Gasteiger partial charge in [0.25, 0.3) is 0 Å². The van der Waals surface area contributed by atoms with E-state index in [1.807, 2.05) is 0 Å². The van der Waals surface area contributed by atoms with Gasteiger partial charge in [-0.15, -0.1) is 0 Å². The average Bonchev–Trinajstić information content (AvgIpc) is 2.81. The monoisotopic (exact) mass is 409 g/mol. The van der Waals surface area contributed by atoms with E-state index < -0.39 is 0 Å². The molecule has 0 amide bonds. The van der Waals surface area contributed by atoms with Crippen molar-refractivity contribution in [2.75, 3.05) is 5.73 Å². The predicted octanol–water partition coefficient (Wildman–Crippen LogP) is 8.74. The SMILES string of the molecule is CCCCCC1CCC(C2CCC(C3CCC(c4ccc(N)cc4)CC3)CC2)CC1. The maximum absolute atomic E-state index is 5.87. The van der Waals surface area contributed by atoms with Crippen molar-refractivity contribution in [3.05, 3.63) is 29.8 Å². The smallest absolute Gasteiger partial charge is 0.0314 e. The molecule has 3 fully saturated rings. The molecule has 0 unspecified atom stereocenters. The minimum atomic E-state index is 0.783. The maximum atomic E-state index is 5.87. The topological polar surface area (TPSA) is 26.0 Å². The van der Waals surface area contributed by atoms with E-state index in [9.17, 15) is 0 Å². The van der Waals surface area contributed by atoms with E-state index in [1.165, 1.54) is 69.8 Å². The van der Waals surface area contributed by atoms with E-state index >= 15 is 0 Å². The van der Waals surface area contributed by atoms with E-state index in [2.05, 4.69) is 31.2 Å². The Kier molecular flexibility index (Phi) is 8.19. The minimum absolute atomic E-state index is 0.783. The Morgan fingerprint density at radius 3 is 1.60 bits per heavy atom. The normalized spacial score (nSPS) is 35.2. The van der Waals surface area contributed by atoms with E-state index in [-0.39, 0.29) is 0 Å². The molecule has 3 aliphatic carbocycles. The van der Waals surface area contributed by atoms with Gasteiger partial charge >= 0.3 is 0 Å². The fraction of sp³-hybridized carbons (Fsp3) is 0.793. The van der Waals surface area contributed by atoms with Crippen LogP contribution in [0.3, 0.4) is 0 Å². The highest BCUT2D eigenvalue weighted by Crippen LogP contribution is 2.47. The van der Waals surface area contributed by atoms with Gasteiger partial charge in [-0.2, -0.15) is 0 Å². The maximum Gasteiger partial charge on any atom is 0.0314 e. The van der Waals surface area contributed by atoms with Crippen LogP contribution >= 0.6 is 0 Å². The molecule has 2 N–H and O–H groups in total. The molecule has 0 spiro atoms. The van der Waals surface area contributed by atoms with Gasteiger partial charge in [-0.25, -0.2) is 0 Å². The zero-order valence-corrected chi connectivity index (χ0v) is 19.7. The first-order valence-electron chi connectivity index (χ1n) is 13.6. The van der Waals surface area contributed by atoms with E-state index in [1.54, 1.807) is 38.5 Å². The van der Waals surface area contributed by atoms with Crippen LogP contribution in [0.1, 0.15) is 121 Å². The number of nitrogen functional groups attached to an aromatic ring is 1. The number of rotatable bonds is 7. The Bertz CT molecular complexity index is 596. The summed E-state index contributed by atoms with van der Waals surface area (Å²) < 4.78 is 0. The predicted molar refractivity (Wildman–Crippen MR) is 131 cm³/mol. The first-order valence-corrected chi connectivity index (χ1v) is 13.6. The van der Waals surface area contributed by atoms with Crippen molar-refractivity contribution in [3.8, 4) is 0 Å². The summed E-state index contributed by atoms with van der Waals surface area (Å²) in [6.45, 7) is 2.33. The van der Waals surface area contributed by atoms with Gasteiger partial charge in [-0.3, -0.25) is 0 Å². The van der Waals surface area contributed by atoms with Crippen LogP contribution < -0.4 is 5.73 Å². The van der Waals surface area contributed by atoms with Crippen molar-refractivity contribution in [1.82, 2.24) is 0 Å². The molecule has 0 bridgehead atoms. The van der Waals surface area contributed by atoms with Crippen molar-refractivity contribution >= 4 is 5.69 Å². The van der Waals surface area contributed by atoms with Crippen LogP contribution in [0.15, 0.2) is 24.3 Å². The Hall–Kier alpha value is -0.980. The Labute approximate surface area is 186 Å². The van der Waals surface area contributed by atoms with Crippen molar-refractivity contribution in [2.45, 2.75) is 116 Å². The van der Waals surface area contributed by atoms with Crippen molar-refractivity contribution < 1.29 is 0 Å². The number of unbranched alkanes of at least 4 members (excludes halogenated alkanes) is 2. The number of nitrogens with two attached hydrogens (primary N) is 1. The van der Waals surface area contributed by atoms with E-state index in [4.69, 9.17) is 5.73 Å². The Morgan fingerprint density at radius 1 is 0.633 bits per heavy atom. The summed E-state index contributed by atoms with van der Waals surface area (Å²) in [6, 6.07) is 8.71. The summed E-state index contributed by atoms with van der Waals surface area (Å²) in [7, 11) is 0. The molecule has 3 saturated carbocycles. The molecule has 1 aromatic carbocycles. The van der Waals surface area contributed by atoms with Gasteiger partial charge in [0.15, 0.2) is 0 Å². The molecule has 0 aliphatic heterocycles. The summed E-state index contributed by atoms with van der Waals surface area (Å²) in [5.74, 6) is 6.06. The fourth-order valence-electron chi connectivity index (χ4n) is 7.41. The molecule has 1 nitrogen and oxygen atoms in total. The molecule has 0 aromatic heterocycles. The van der Waals surface area contributed by atoms with Gasteiger partial charge < -0.3 is 5.73 Å². The number of hydrogen-bond donors (Lipinski definition) is 1. The molecule has 30 heavy (non-hydrogen) atoms. The molecule has 168 valence electrons. The third kappa shape index (κ3) is 5.83. The second kappa shape index (κ2) is 11.1. The lowest BCUT2D eigenvalue weighted by Crippen LogP contribution is -2.29. The first-order chi connectivity index (χ1) is 14.7. The Morgan fingerprint density at radius 2 is 1.10 bits per heavy atom. The highest BCUT2D eigenvalue weighted by atomic mass is 14.5. The molecule has 0 heterocycles. The summed E-state index contributed by atoms with van der Waals surface area (Å²) >= 11 is 0. The zero-order chi connectivity index (χ0) is 20.8. The fourth-order valence-corrected chi connectivity index (χ4v) is 7.41. The molecule has 0 radical (unpaired) electrons. The Balaban J connectivity index is 1.15. The number of benzene rings is 1. The molecular weight excluding hydrogens is 362 g/mol. The average molecular weight is 410 g/mol. The summed E-state index contributed by atoms with van der Waals surface area (Å²) in [6.07, 6.45) is 23.9. The van der Waals surface area contributed by atoms with Gasteiger partial charge in [0.1, 0.15) is 0 Å². The summed E-state index contributed by atoms with van der Waals surface area (Å²) in [5, 5.41) is 0. The lowest BCUT2D eigenvalue weighted by Gasteiger charge is -2.41. The second-order valence-corrected chi connectivity index (χ2v) is 11.2. The van der Waals surface area contributed by atoms with Gasteiger partial charge in [-0.1, -0.05) is 57.6 Å². The van der Waals surface area contributed by atoms with Crippen LogP contribution in [0.4, 0.5) is 5.69 Å². The molecule has 1 heteroatoms. The summed E-state index contributed by atoms with van der Waals surface area (Å²) in [4.78, 5) is 0. The largest absolute Gasteiger partial charge is 0.399 e. The highest BCUT2D eigenvalue weighted by Gasteiger charge is 2.34.